The van der Waals surface area contributed by atoms with Crippen LogP contribution >= 0.6 is 0 Å². The second-order valence-electron chi connectivity index (χ2n) is 4.60. The van der Waals surface area contributed by atoms with Crippen LogP contribution in [-0.4, -0.2) is 29.5 Å². The first kappa shape index (κ1) is 15.5. The number of benzene rings is 1. The fourth-order valence-electron chi connectivity index (χ4n) is 1.79. The number of hydrogen-bond acceptors (Lipinski definition) is 5. The van der Waals surface area contributed by atoms with E-state index in [1.165, 1.54) is 6.08 Å². The van der Waals surface area contributed by atoms with Gasteiger partial charge in [0, 0.05) is 30.6 Å². The van der Waals surface area contributed by atoms with Gasteiger partial charge in [-0.2, -0.15) is 0 Å². The normalized spacial score (nSPS) is 10.6. The lowest BCUT2D eigenvalue weighted by atomic mass is 10.1. The van der Waals surface area contributed by atoms with E-state index < -0.39 is 0 Å². The van der Waals surface area contributed by atoms with Gasteiger partial charge in [-0.3, -0.25) is 4.79 Å². The van der Waals surface area contributed by atoms with Gasteiger partial charge in [-0.1, -0.05) is 12.1 Å². The van der Waals surface area contributed by atoms with Crippen LogP contribution in [0, 0.1) is 0 Å². The van der Waals surface area contributed by atoms with E-state index in [2.05, 4.69) is 15.3 Å². The largest absolute Gasteiger partial charge is 0.497 e. The van der Waals surface area contributed by atoms with Crippen molar-refractivity contribution < 1.29 is 9.53 Å². The average molecular weight is 298 g/mol. The van der Waals surface area contributed by atoms with Crippen LogP contribution in [0.4, 0.5) is 5.95 Å². The minimum Gasteiger partial charge on any atom is -0.497 e. The van der Waals surface area contributed by atoms with Crippen LogP contribution in [0.15, 0.2) is 42.7 Å². The van der Waals surface area contributed by atoms with Gasteiger partial charge in [-0.25, -0.2) is 9.97 Å². The molecule has 1 amide bonds. The Morgan fingerprint density at radius 2 is 1.95 bits per heavy atom. The molecule has 0 atom stereocenters. The van der Waals surface area contributed by atoms with Crippen LogP contribution in [0.3, 0.4) is 0 Å². The van der Waals surface area contributed by atoms with Crippen LogP contribution in [0.5, 0.6) is 5.75 Å². The molecule has 0 fully saturated rings. The molecule has 0 aliphatic heterocycles. The number of carbonyl (C=O) groups is 1. The lowest BCUT2D eigenvalue weighted by Gasteiger charge is -2.04. The zero-order valence-corrected chi connectivity index (χ0v) is 12.3. The number of methoxy groups -OCH3 is 1. The molecule has 1 aromatic carbocycles. The summed E-state index contributed by atoms with van der Waals surface area (Å²) < 4.78 is 5.10. The van der Waals surface area contributed by atoms with Crippen molar-refractivity contribution in [3.05, 3.63) is 53.9 Å². The first-order valence-electron chi connectivity index (χ1n) is 6.84. The predicted molar refractivity (Wildman–Crippen MR) is 85.2 cm³/mol. The van der Waals surface area contributed by atoms with Crippen LogP contribution in [0.25, 0.3) is 6.08 Å². The number of nitrogen functional groups attached to an aromatic ring is 1. The molecule has 0 unspecified atom stereocenters. The Bertz CT molecular complexity index is 636. The van der Waals surface area contributed by atoms with Gasteiger partial charge in [0.15, 0.2) is 0 Å². The van der Waals surface area contributed by atoms with Crippen LogP contribution in [-0.2, 0) is 11.2 Å². The molecule has 1 heterocycles. The number of nitrogens with one attached hydrogen (secondary N) is 1. The summed E-state index contributed by atoms with van der Waals surface area (Å²) in [6.07, 6.45) is 6.96. The summed E-state index contributed by atoms with van der Waals surface area (Å²) >= 11 is 0. The predicted octanol–water partition coefficient (Wildman–Crippen LogP) is 1.44. The molecule has 6 nitrogen and oxygen atoms in total. The number of rotatable bonds is 6. The number of anilines is 1. The second kappa shape index (κ2) is 7.78. The van der Waals surface area contributed by atoms with E-state index in [0.717, 1.165) is 23.3 Å². The number of nitrogens with two attached hydrogens (primary N) is 1. The maximum atomic E-state index is 11.7. The molecule has 0 saturated carbocycles. The summed E-state index contributed by atoms with van der Waals surface area (Å²) in [6, 6.07) is 7.76. The minimum atomic E-state index is -0.162. The van der Waals surface area contributed by atoms with Crippen molar-refractivity contribution in [1.82, 2.24) is 15.3 Å². The minimum absolute atomic E-state index is 0.162. The van der Waals surface area contributed by atoms with Crippen molar-refractivity contribution in [2.75, 3.05) is 19.4 Å². The monoisotopic (exact) mass is 298 g/mol. The van der Waals surface area contributed by atoms with E-state index >= 15 is 0 Å². The van der Waals surface area contributed by atoms with E-state index in [0.29, 0.717) is 6.54 Å². The summed E-state index contributed by atoms with van der Waals surface area (Å²) in [6.45, 7) is 0.563. The van der Waals surface area contributed by atoms with Crippen molar-refractivity contribution in [2.45, 2.75) is 6.42 Å². The van der Waals surface area contributed by atoms with Crippen molar-refractivity contribution in [2.24, 2.45) is 0 Å². The molecule has 2 aromatic rings. The summed E-state index contributed by atoms with van der Waals surface area (Å²) in [5.74, 6) is 0.868. The van der Waals surface area contributed by atoms with Crippen molar-refractivity contribution in [1.29, 1.82) is 0 Å². The van der Waals surface area contributed by atoms with E-state index in [4.69, 9.17) is 10.5 Å². The molecule has 1 aromatic heterocycles. The Labute approximate surface area is 129 Å². The van der Waals surface area contributed by atoms with Gasteiger partial charge < -0.3 is 15.8 Å². The quantitative estimate of drug-likeness (QED) is 0.788. The van der Waals surface area contributed by atoms with E-state index in [1.807, 2.05) is 24.3 Å². The van der Waals surface area contributed by atoms with Gasteiger partial charge in [0.1, 0.15) is 5.75 Å². The van der Waals surface area contributed by atoms with Crippen molar-refractivity contribution in [3.63, 3.8) is 0 Å². The van der Waals surface area contributed by atoms with Gasteiger partial charge in [-0.15, -0.1) is 0 Å². The van der Waals surface area contributed by atoms with Crippen LogP contribution in [0.1, 0.15) is 11.1 Å². The molecule has 2 rings (SSSR count). The summed E-state index contributed by atoms with van der Waals surface area (Å²) in [7, 11) is 1.63. The van der Waals surface area contributed by atoms with Crippen LogP contribution < -0.4 is 15.8 Å². The topological polar surface area (TPSA) is 90.1 Å². The van der Waals surface area contributed by atoms with Gasteiger partial charge in [0.05, 0.1) is 7.11 Å². The number of carbonyl (C=O) groups excluding carboxylic acids is 1. The first-order chi connectivity index (χ1) is 10.7. The van der Waals surface area contributed by atoms with Crippen molar-refractivity contribution in [3.8, 4) is 5.75 Å². The van der Waals surface area contributed by atoms with Gasteiger partial charge >= 0.3 is 0 Å². The lowest BCUT2D eigenvalue weighted by molar-refractivity contribution is -0.116. The lowest BCUT2D eigenvalue weighted by Crippen LogP contribution is -2.23. The van der Waals surface area contributed by atoms with Gasteiger partial charge in [0.2, 0.25) is 11.9 Å². The molecule has 0 aliphatic rings. The summed E-state index contributed by atoms with van der Waals surface area (Å²) in [5, 5.41) is 2.82. The Hall–Kier alpha value is -2.89. The molecule has 22 heavy (non-hydrogen) atoms. The maximum Gasteiger partial charge on any atom is 0.244 e. The Morgan fingerprint density at radius 1 is 1.27 bits per heavy atom. The average Bonchev–Trinajstić information content (AvgIpc) is 2.55. The Balaban J connectivity index is 1.76. The fraction of sp³-hybridized carbons (Fsp3) is 0.188. The molecular formula is C16H18N4O2. The van der Waals surface area contributed by atoms with Crippen molar-refractivity contribution >= 4 is 17.9 Å². The molecule has 0 bridgehead atoms. The highest BCUT2D eigenvalue weighted by Crippen LogP contribution is 2.11. The number of ether oxygens (including phenoxy) is 1. The molecule has 6 heteroatoms. The fourth-order valence-corrected chi connectivity index (χ4v) is 1.79. The van der Waals surface area contributed by atoms with E-state index in [9.17, 15) is 4.79 Å². The SMILES string of the molecule is COc1ccc(CCNC(=O)/C=C/c2cnc(N)nc2)cc1. The van der Waals surface area contributed by atoms with E-state index in [1.54, 1.807) is 25.6 Å². The number of amides is 1. The molecule has 114 valence electrons. The Morgan fingerprint density at radius 3 is 2.59 bits per heavy atom. The Kier molecular flexibility index (Phi) is 5.48. The molecule has 0 saturated heterocycles. The van der Waals surface area contributed by atoms with Gasteiger partial charge in [0.25, 0.3) is 0 Å². The highest BCUT2D eigenvalue weighted by molar-refractivity contribution is 5.91. The number of nitrogens with zero attached hydrogens (tertiary/aromatic N) is 2. The second-order valence-corrected chi connectivity index (χ2v) is 4.60. The molecule has 3 N–H and O–H groups in total. The molecule has 0 radical (unpaired) electrons. The zero-order valence-electron chi connectivity index (χ0n) is 12.3. The highest BCUT2D eigenvalue weighted by Gasteiger charge is 1.98. The maximum absolute atomic E-state index is 11.7. The standard InChI is InChI=1S/C16H18N4O2/c1-22-14-5-2-12(3-6-14)8-9-18-15(21)7-4-13-10-19-16(17)20-11-13/h2-7,10-11H,8-9H2,1H3,(H,18,21)(H2,17,19,20)/b7-4+. The number of hydrogen-bond donors (Lipinski definition) is 2. The highest BCUT2D eigenvalue weighted by atomic mass is 16.5. The zero-order chi connectivity index (χ0) is 15.8. The van der Waals surface area contributed by atoms with Gasteiger partial charge in [-0.05, 0) is 30.2 Å². The number of aromatic nitrogens is 2. The third kappa shape index (κ3) is 4.90. The molecule has 0 spiro atoms. The van der Waals surface area contributed by atoms with Crippen LogP contribution in [0.2, 0.25) is 0 Å². The molecular weight excluding hydrogens is 280 g/mol. The van der Waals surface area contributed by atoms with E-state index in [-0.39, 0.29) is 11.9 Å². The molecule has 0 aliphatic carbocycles. The summed E-state index contributed by atoms with van der Waals surface area (Å²) in [5.41, 5.74) is 7.25. The first-order valence-corrected chi connectivity index (χ1v) is 6.84. The smallest absolute Gasteiger partial charge is 0.244 e. The third-order valence-electron chi connectivity index (χ3n) is 2.99. The third-order valence-corrected chi connectivity index (χ3v) is 2.99. The summed E-state index contributed by atoms with van der Waals surface area (Å²) in [4.78, 5) is 19.4.